The summed E-state index contributed by atoms with van der Waals surface area (Å²) in [5.41, 5.74) is 1.08. The summed E-state index contributed by atoms with van der Waals surface area (Å²) in [5, 5.41) is 1.26. The zero-order valence-electron chi connectivity index (χ0n) is 10.5. The Hall–Kier alpha value is -1.07. The van der Waals surface area contributed by atoms with Gasteiger partial charge in [-0.25, -0.2) is 9.97 Å². The minimum Gasteiger partial charge on any atom is -0.331 e. The zero-order valence-corrected chi connectivity index (χ0v) is 12.0. The molecule has 96 valence electrons. The van der Waals surface area contributed by atoms with Crippen LogP contribution in [0.3, 0.4) is 0 Å². The van der Waals surface area contributed by atoms with Crippen LogP contribution in [0.5, 0.6) is 0 Å². The number of nitrogens with zero attached hydrogens (tertiary/aromatic N) is 2. The fraction of sp³-hybridized carbons (Fsp3) is 0.417. The highest BCUT2D eigenvalue weighted by Crippen LogP contribution is 2.23. The first kappa shape index (κ1) is 13.4. The minimum absolute atomic E-state index is 0.193. The van der Waals surface area contributed by atoms with Gasteiger partial charge in [0.05, 0.1) is 16.3 Å². The molecule has 0 aliphatic rings. The lowest BCUT2D eigenvalue weighted by Crippen LogP contribution is -2.22. The third-order valence-electron chi connectivity index (χ3n) is 2.46. The molecule has 18 heavy (non-hydrogen) atoms. The molecule has 0 aromatic carbocycles. The van der Waals surface area contributed by atoms with Gasteiger partial charge in [0.15, 0.2) is 10.8 Å². The Bertz CT molecular complexity index is 589. The number of pyridine rings is 1. The summed E-state index contributed by atoms with van der Waals surface area (Å²) in [6, 6.07) is 1.77. The van der Waals surface area contributed by atoms with Crippen molar-refractivity contribution in [3.8, 4) is 0 Å². The monoisotopic (exact) mass is 283 g/mol. The quantitative estimate of drug-likeness (QED) is 0.878. The maximum absolute atomic E-state index is 11.8. The van der Waals surface area contributed by atoms with E-state index >= 15 is 0 Å². The maximum Gasteiger partial charge on any atom is 0.178 e. The van der Waals surface area contributed by atoms with Crippen molar-refractivity contribution in [2.24, 2.45) is 5.41 Å². The number of Topliss-reactive ketones (excluding diaryl/α,β-unsaturated/α-hetero) is 1. The summed E-state index contributed by atoms with van der Waals surface area (Å²) in [5.74, 6) is 0.593. The second-order valence-electron chi connectivity index (χ2n) is 5.03. The maximum atomic E-state index is 11.8. The number of hydrogen-bond donors (Lipinski definition) is 1. The summed E-state index contributed by atoms with van der Waals surface area (Å²) >= 11 is 7.23. The van der Waals surface area contributed by atoms with E-state index in [-0.39, 0.29) is 11.2 Å². The number of carbonyl (C=O) groups is 1. The van der Waals surface area contributed by atoms with E-state index in [9.17, 15) is 4.79 Å². The number of fused-ring (bicyclic) bond motifs is 1. The van der Waals surface area contributed by atoms with Crippen molar-refractivity contribution in [1.82, 2.24) is 15.0 Å². The molecule has 2 aromatic heterocycles. The normalized spacial score (nSPS) is 12.0. The lowest BCUT2D eigenvalue weighted by Gasteiger charge is -2.15. The Morgan fingerprint density at radius 1 is 1.50 bits per heavy atom. The third-order valence-corrected chi connectivity index (χ3v) is 3.54. The predicted octanol–water partition coefficient (Wildman–Crippen LogP) is 3.32. The molecule has 2 heterocycles. The van der Waals surface area contributed by atoms with E-state index in [0.29, 0.717) is 21.6 Å². The minimum atomic E-state index is -0.319. The number of thioether (sulfide) groups is 1. The average Bonchev–Trinajstić information content (AvgIpc) is 2.66. The number of aromatic nitrogens is 3. The first-order chi connectivity index (χ1) is 8.36. The van der Waals surface area contributed by atoms with Gasteiger partial charge in [-0.1, -0.05) is 44.1 Å². The Morgan fingerprint density at radius 2 is 2.22 bits per heavy atom. The summed E-state index contributed by atoms with van der Waals surface area (Å²) in [6.45, 7) is 5.74. The topological polar surface area (TPSA) is 58.6 Å². The summed E-state index contributed by atoms with van der Waals surface area (Å²) in [7, 11) is 0. The van der Waals surface area contributed by atoms with Crippen LogP contribution in [0.25, 0.3) is 11.2 Å². The summed E-state index contributed by atoms with van der Waals surface area (Å²) < 4.78 is 0. The molecule has 0 spiro atoms. The van der Waals surface area contributed by atoms with Crippen LogP contribution in [0.2, 0.25) is 5.02 Å². The molecule has 6 heteroatoms. The van der Waals surface area contributed by atoms with Crippen molar-refractivity contribution in [3.05, 3.63) is 17.3 Å². The highest BCUT2D eigenvalue weighted by Gasteiger charge is 2.21. The second kappa shape index (κ2) is 4.90. The molecule has 0 amide bonds. The van der Waals surface area contributed by atoms with Crippen LogP contribution in [0.4, 0.5) is 0 Å². The van der Waals surface area contributed by atoms with Crippen molar-refractivity contribution >= 4 is 40.3 Å². The lowest BCUT2D eigenvalue weighted by atomic mass is 9.92. The molecule has 1 N–H and O–H groups in total. The van der Waals surface area contributed by atoms with E-state index < -0.39 is 0 Å². The Kier molecular flexibility index (Phi) is 3.64. The molecular formula is C12H14ClN3OS. The predicted molar refractivity (Wildman–Crippen MR) is 74.1 cm³/mol. The zero-order chi connectivity index (χ0) is 13.3. The number of H-pyrrole nitrogens is 1. The summed E-state index contributed by atoms with van der Waals surface area (Å²) in [6.07, 6.45) is 1.56. The van der Waals surface area contributed by atoms with Gasteiger partial charge in [0.1, 0.15) is 5.78 Å². The van der Waals surface area contributed by atoms with Crippen LogP contribution in [0, 0.1) is 5.41 Å². The van der Waals surface area contributed by atoms with Gasteiger partial charge in [-0.3, -0.25) is 4.79 Å². The number of aromatic amines is 1. The molecular weight excluding hydrogens is 270 g/mol. The number of imidazole rings is 1. The van der Waals surface area contributed by atoms with Crippen LogP contribution in [-0.2, 0) is 4.79 Å². The van der Waals surface area contributed by atoms with Gasteiger partial charge in [0.25, 0.3) is 0 Å². The number of hydrogen-bond acceptors (Lipinski definition) is 4. The van der Waals surface area contributed by atoms with Gasteiger partial charge in [0, 0.05) is 11.6 Å². The molecule has 0 aliphatic heterocycles. The largest absolute Gasteiger partial charge is 0.331 e. The van der Waals surface area contributed by atoms with Crippen molar-refractivity contribution < 1.29 is 4.79 Å². The van der Waals surface area contributed by atoms with Crippen molar-refractivity contribution in [2.75, 3.05) is 5.75 Å². The molecule has 0 bridgehead atoms. The summed E-state index contributed by atoms with van der Waals surface area (Å²) in [4.78, 5) is 23.3. The van der Waals surface area contributed by atoms with E-state index in [1.165, 1.54) is 11.8 Å². The number of rotatable bonds is 3. The molecule has 2 aromatic rings. The van der Waals surface area contributed by atoms with E-state index in [0.717, 1.165) is 5.52 Å². The smallest absolute Gasteiger partial charge is 0.178 e. The number of ketones is 1. The van der Waals surface area contributed by atoms with Gasteiger partial charge < -0.3 is 4.98 Å². The lowest BCUT2D eigenvalue weighted by molar-refractivity contribution is -0.123. The average molecular weight is 284 g/mol. The molecule has 4 nitrogen and oxygen atoms in total. The molecule has 2 rings (SSSR count). The SMILES string of the molecule is CC(C)(C)C(=O)CSc1nc2ncc(Cl)cc2[nH]1. The van der Waals surface area contributed by atoms with Crippen LogP contribution >= 0.6 is 23.4 Å². The highest BCUT2D eigenvalue weighted by molar-refractivity contribution is 7.99. The molecule has 0 atom stereocenters. The highest BCUT2D eigenvalue weighted by atomic mass is 35.5. The van der Waals surface area contributed by atoms with Crippen LogP contribution in [-0.4, -0.2) is 26.5 Å². The fourth-order valence-corrected chi connectivity index (χ4v) is 2.46. The van der Waals surface area contributed by atoms with E-state index in [2.05, 4.69) is 15.0 Å². The van der Waals surface area contributed by atoms with E-state index in [1.54, 1.807) is 12.3 Å². The van der Waals surface area contributed by atoms with Crippen molar-refractivity contribution in [2.45, 2.75) is 25.9 Å². The van der Waals surface area contributed by atoms with Gasteiger partial charge in [-0.2, -0.15) is 0 Å². The van der Waals surface area contributed by atoms with Crippen molar-refractivity contribution in [1.29, 1.82) is 0 Å². The van der Waals surface area contributed by atoms with E-state index in [1.807, 2.05) is 20.8 Å². The van der Waals surface area contributed by atoms with Gasteiger partial charge in [-0.15, -0.1) is 0 Å². The molecule has 0 saturated heterocycles. The van der Waals surface area contributed by atoms with Crippen molar-refractivity contribution in [3.63, 3.8) is 0 Å². The van der Waals surface area contributed by atoms with Crippen LogP contribution in [0.15, 0.2) is 17.4 Å². The molecule has 0 fully saturated rings. The molecule has 0 aliphatic carbocycles. The van der Waals surface area contributed by atoms with Gasteiger partial charge in [0.2, 0.25) is 0 Å². The van der Waals surface area contributed by atoms with Crippen LogP contribution in [0.1, 0.15) is 20.8 Å². The number of halogens is 1. The molecule has 0 radical (unpaired) electrons. The van der Waals surface area contributed by atoms with Gasteiger partial charge >= 0.3 is 0 Å². The van der Waals surface area contributed by atoms with Crippen LogP contribution < -0.4 is 0 Å². The standard InChI is InChI=1S/C12H14ClN3OS/c1-12(2,3)9(17)6-18-11-15-8-4-7(13)5-14-10(8)16-11/h4-5H,6H2,1-3H3,(H,14,15,16). The Morgan fingerprint density at radius 3 is 2.89 bits per heavy atom. The second-order valence-corrected chi connectivity index (χ2v) is 6.43. The van der Waals surface area contributed by atoms with Gasteiger partial charge in [-0.05, 0) is 6.07 Å². The Balaban J connectivity index is 2.11. The fourth-order valence-electron chi connectivity index (χ4n) is 1.27. The Labute approximate surface area is 115 Å². The first-order valence-electron chi connectivity index (χ1n) is 5.53. The molecule has 0 unspecified atom stereocenters. The number of nitrogens with one attached hydrogen (secondary N) is 1. The first-order valence-corrected chi connectivity index (χ1v) is 6.90. The third kappa shape index (κ3) is 3.03. The molecule has 0 saturated carbocycles. The van der Waals surface area contributed by atoms with E-state index in [4.69, 9.17) is 11.6 Å². The number of carbonyl (C=O) groups excluding carboxylic acids is 1.